The molecule has 0 aliphatic rings. The van der Waals surface area contributed by atoms with E-state index < -0.39 is 0 Å². The number of pyridine rings is 1. The summed E-state index contributed by atoms with van der Waals surface area (Å²) in [5, 5.41) is 16.3. The average Bonchev–Trinajstić information content (AvgIpc) is 3.24. The van der Waals surface area contributed by atoms with Crippen molar-refractivity contribution in [1.29, 1.82) is 0 Å². The lowest BCUT2D eigenvalue weighted by atomic mass is 10.3. The molecule has 1 aromatic carbocycles. The van der Waals surface area contributed by atoms with Gasteiger partial charge in [0.1, 0.15) is 5.82 Å². The van der Waals surface area contributed by atoms with E-state index in [1.807, 2.05) is 72.1 Å². The van der Waals surface area contributed by atoms with Crippen LogP contribution in [0.3, 0.4) is 0 Å². The van der Waals surface area contributed by atoms with Gasteiger partial charge in [-0.2, -0.15) is 5.10 Å². The first kappa shape index (κ1) is 16.3. The van der Waals surface area contributed by atoms with Gasteiger partial charge in [-0.1, -0.05) is 36.0 Å². The molecule has 0 bridgehead atoms. The number of rotatable bonds is 5. The third-order valence-electron chi connectivity index (χ3n) is 3.71. The van der Waals surface area contributed by atoms with Crippen molar-refractivity contribution < 1.29 is 4.79 Å². The lowest BCUT2D eigenvalue weighted by Gasteiger charge is -2.08. The molecule has 0 atom stereocenters. The van der Waals surface area contributed by atoms with E-state index in [1.54, 1.807) is 4.68 Å². The van der Waals surface area contributed by atoms with Crippen molar-refractivity contribution in [3.05, 3.63) is 66.5 Å². The Bertz CT molecular complexity index is 1060. The molecule has 0 radical (unpaired) electrons. The molecule has 26 heavy (non-hydrogen) atoms. The van der Waals surface area contributed by atoms with E-state index in [-0.39, 0.29) is 11.7 Å². The largest absolute Gasteiger partial charge is 0.310 e. The number of anilines is 1. The van der Waals surface area contributed by atoms with Crippen LogP contribution in [-0.4, -0.2) is 36.0 Å². The summed E-state index contributed by atoms with van der Waals surface area (Å²) in [7, 11) is 0. The molecule has 0 saturated heterocycles. The van der Waals surface area contributed by atoms with E-state index >= 15 is 0 Å². The van der Waals surface area contributed by atoms with Crippen LogP contribution in [0, 0.1) is 6.92 Å². The van der Waals surface area contributed by atoms with Crippen molar-refractivity contribution in [2.75, 3.05) is 11.1 Å². The van der Waals surface area contributed by atoms with Gasteiger partial charge < -0.3 is 5.32 Å². The molecule has 0 spiro atoms. The minimum absolute atomic E-state index is 0.125. The molecular weight excluding hydrogens is 348 g/mol. The Hall–Kier alpha value is -3.13. The van der Waals surface area contributed by atoms with E-state index in [9.17, 15) is 4.79 Å². The SMILES string of the molecule is Cc1cc(NC(=O)CSc2nnc3ccccn23)n(-c2ccccc2)n1. The Labute approximate surface area is 154 Å². The number of nitrogens with zero attached hydrogens (tertiary/aromatic N) is 5. The van der Waals surface area contributed by atoms with E-state index in [2.05, 4.69) is 20.6 Å². The molecule has 0 aliphatic heterocycles. The Morgan fingerprint density at radius 2 is 1.92 bits per heavy atom. The second-order valence-electron chi connectivity index (χ2n) is 5.67. The number of carbonyl (C=O) groups is 1. The van der Waals surface area contributed by atoms with Gasteiger partial charge >= 0.3 is 0 Å². The average molecular weight is 364 g/mol. The number of aromatic nitrogens is 5. The number of benzene rings is 1. The maximum atomic E-state index is 12.4. The monoisotopic (exact) mass is 364 g/mol. The molecule has 0 unspecified atom stereocenters. The first-order valence-corrected chi connectivity index (χ1v) is 9.04. The first-order valence-electron chi connectivity index (χ1n) is 8.05. The zero-order chi connectivity index (χ0) is 17.9. The summed E-state index contributed by atoms with van der Waals surface area (Å²) < 4.78 is 3.58. The lowest BCUT2D eigenvalue weighted by Crippen LogP contribution is -2.17. The third kappa shape index (κ3) is 3.31. The van der Waals surface area contributed by atoms with Crippen LogP contribution in [0.4, 0.5) is 5.82 Å². The van der Waals surface area contributed by atoms with Gasteiger partial charge in [0, 0.05) is 12.3 Å². The van der Waals surface area contributed by atoms with Crippen molar-refractivity contribution in [3.63, 3.8) is 0 Å². The third-order valence-corrected chi connectivity index (χ3v) is 4.66. The van der Waals surface area contributed by atoms with E-state index in [0.717, 1.165) is 17.0 Å². The van der Waals surface area contributed by atoms with Gasteiger partial charge in [-0.15, -0.1) is 10.2 Å². The number of hydrogen-bond acceptors (Lipinski definition) is 5. The fourth-order valence-corrected chi connectivity index (χ4v) is 3.31. The summed E-state index contributed by atoms with van der Waals surface area (Å²) in [6.07, 6.45) is 1.88. The number of thioether (sulfide) groups is 1. The number of aryl methyl sites for hydroxylation is 1. The molecule has 4 rings (SSSR count). The van der Waals surface area contributed by atoms with Gasteiger partial charge in [-0.25, -0.2) is 4.68 Å². The molecule has 1 amide bonds. The minimum atomic E-state index is -0.125. The fourth-order valence-electron chi connectivity index (χ4n) is 2.58. The van der Waals surface area contributed by atoms with Crippen LogP contribution >= 0.6 is 11.8 Å². The van der Waals surface area contributed by atoms with Crippen molar-refractivity contribution in [2.45, 2.75) is 12.1 Å². The predicted octanol–water partition coefficient (Wildman–Crippen LogP) is 2.95. The second kappa shape index (κ2) is 7.01. The second-order valence-corrected chi connectivity index (χ2v) is 6.61. The molecule has 3 aromatic heterocycles. The molecule has 4 aromatic rings. The van der Waals surface area contributed by atoms with Crippen LogP contribution in [0.1, 0.15) is 5.69 Å². The van der Waals surface area contributed by atoms with Crippen LogP contribution < -0.4 is 5.32 Å². The van der Waals surface area contributed by atoms with Gasteiger partial charge in [-0.05, 0) is 31.2 Å². The zero-order valence-electron chi connectivity index (χ0n) is 14.0. The highest BCUT2D eigenvalue weighted by molar-refractivity contribution is 7.99. The molecule has 7 nitrogen and oxygen atoms in total. The number of fused-ring (bicyclic) bond motifs is 1. The summed E-state index contributed by atoms with van der Waals surface area (Å²) >= 11 is 1.34. The standard InChI is InChI=1S/C18H16N6OS/c1-13-11-16(24(22-13)14-7-3-2-4-8-14)19-17(25)12-26-18-21-20-15-9-5-6-10-23(15)18/h2-11H,12H2,1H3,(H,19,25). The van der Waals surface area contributed by atoms with Gasteiger partial charge in [0.05, 0.1) is 17.1 Å². The highest BCUT2D eigenvalue weighted by atomic mass is 32.2. The number of carbonyl (C=O) groups excluding carboxylic acids is 1. The molecule has 0 saturated carbocycles. The molecule has 0 aliphatic carbocycles. The van der Waals surface area contributed by atoms with Crippen LogP contribution in [0.5, 0.6) is 0 Å². The zero-order valence-corrected chi connectivity index (χ0v) is 14.8. The molecule has 0 fully saturated rings. The fraction of sp³-hybridized carbons (Fsp3) is 0.111. The van der Waals surface area contributed by atoms with Gasteiger partial charge in [0.2, 0.25) is 5.91 Å². The Morgan fingerprint density at radius 3 is 2.77 bits per heavy atom. The molecule has 1 N–H and O–H groups in total. The van der Waals surface area contributed by atoms with Crippen molar-refractivity contribution in [2.24, 2.45) is 0 Å². The Balaban J connectivity index is 1.47. The Kier molecular flexibility index (Phi) is 4.40. The summed E-state index contributed by atoms with van der Waals surface area (Å²) in [6, 6.07) is 17.2. The summed E-state index contributed by atoms with van der Waals surface area (Å²) in [5.41, 5.74) is 2.49. The molecule has 8 heteroatoms. The molecular formula is C18H16N6OS. The van der Waals surface area contributed by atoms with Gasteiger partial charge in [0.15, 0.2) is 10.8 Å². The van der Waals surface area contributed by atoms with Crippen LogP contribution in [0.15, 0.2) is 66.0 Å². The van der Waals surface area contributed by atoms with E-state index in [4.69, 9.17) is 0 Å². The highest BCUT2D eigenvalue weighted by Crippen LogP contribution is 2.19. The quantitative estimate of drug-likeness (QED) is 0.551. The molecule has 3 heterocycles. The van der Waals surface area contributed by atoms with E-state index in [0.29, 0.717) is 11.0 Å². The predicted molar refractivity (Wildman–Crippen MR) is 101 cm³/mol. The summed E-state index contributed by atoms with van der Waals surface area (Å²) in [5.74, 6) is 0.750. The molecule has 130 valence electrons. The van der Waals surface area contributed by atoms with Crippen LogP contribution in [0.25, 0.3) is 11.3 Å². The normalized spacial score (nSPS) is 11.0. The Morgan fingerprint density at radius 1 is 1.12 bits per heavy atom. The number of amides is 1. The first-order chi connectivity index (χ1) is 12.7. The van der Waals surface area contributed by atoms with Crippen LogP contribution in [-0.2, 0) is 4.79 Å². The van der Waals surface area contributed by atoms with Gasteiger partial charge in [0.25, 0.3) is 0 Å². The number of hydrogen-bond donors (Lipinski definition) is 1. The van der Waals surface area contributed by atoms with E-state index in [1.165, 1.54) is 11.8 Å². The minimum Gasteiger partial charge on any atom is -0.310 e. The summed E-state index contributed by atoms with van der Waals surface area (Å²) in [4.78, 5) is 12.4. The topological polar surface area (TPSA) is 77.1 Å². The number of para-hydroxylation sites is 1. The maximum absolute atomic E-state index is 12.4. The maximum Gasteiger partial charge on any atom is 0.236 e. The highest BCUT2D eigenvalue weighted by Gasteiger charge is 2.13. The summed E-state index contributed by atoms with van der Waals surface area (Å²) in [6.45, 7) is 1.90. The van der Waals surface area contributed by atoms with Gasteiger partial charge in [-0.3, -0.25) is 9.20 Å². The van der Waals surface area contributed by atoms with Crippen molar-refractivity contribution >= 4 is 29.1 Å². The smallest absolute Gasteiger partial charge is 0.236 e. The van der Waals surface area contributed by atoms with Crippen molar-refractivity contribution in [3.8, 4) is 5.69 Å². The van der Waals surface area contributed by atoms with Crippen molar-refractivity contribution in [1.82, 2.24) is 24.4 Å². The van der Waals surface area contributed by atoms with Crippen LogP contribution in [0.2, 0.25) is 0 Å². The number of nitrogens with one attached hydrogen (secondary N) is 1. The lowest BCUT2D eigenvalue weighted by molar-refractivity contribution is -0.113.